The van der Waals surface area contributed by atoms with Crippen molar-refractivity contribution in [1.29, 1.82) is 0 Å². The maximum atomic E-state index is 6.73. The van der Waals surface area contributed by atoms with Gasteiger partial charge in [-0.05, 0) is 49.9 Å². The molecule has 2 aromatic heterocycles. The third-order valence-electron chi connectivity index (χ3n) is 5.87. The average Bonchev–Trinajstić information content (AvgIpc) is 2.92. The van der Waals surface area contributed by atoms with Crippen molar-refractivity contribution in [1.82, 2.24) is 14.6 Å². The van der Waals surface area contributed by atoms with Crippen molar-refractivity contribution >= 4 is 11.5 Å². The minimum absolute atomic E-state index is 0.0232. The molecule has 2 aromatic rings. The Bertz CT molecular complexity index is 932. The minimum Gasteiger partial charge on any atom is -0.483 e. The molecule has 0 spiro atoms. The first-order chi connectivity index (χ1) is 13.9. The first kappa shape index (κ1) is 23.9. The third kappa shape index (κ3) is 5.18. The van der Waals surface area contributed by atoms with Crippen LogP contribution in [0.2, 0.25) is 0 Å². The van der Waals surface area contributed by atoms with Crippen LogP contribution in [-0.2, 0) is 5.41 Å². The quantitative estimate of drug-likeness (QED) is 0.538. The van der Waals surface area contributed by atoms with Gasteiger partial charge in [0.05, 0.1) is 18.4 Å². The van der Waals surface area contributed by atoms with Gasteiger partial charge < -0.3 is 9.64 Å². The number of nitrogens with zero attached hydrogens (tertiary/aromatic N) is 4. The first-order valence-electron chi connectivity index (χ1n) is 11.7. The normalized spacial score (nSPS) is 20.7. The smallest absolute Gasteiger partial charge is 0.180 e. The number of hydrogen-bond acceptors (Lipinski definition) is 4. The summed E-state index contributed by atoms with van der Waals surface area (Å²) in [4.78, 5) is 7.74. The summed E-state index contributed by atoms with van der Waals surface area (Å²) in [5.74, 6) is 1.79. The van der Waals surface area contributed by atoms with Gasteiger partial charge in [0.25, 0.3) is 0 Å². The highest BCUT2D eigenvalue weighted by atomic mass is 16.5. The molecule has 0 N–H and O–H groups in total. The summed E-state index contributed by atoms with van der Waals surface area (Å²) < 4.78 is 8.62. The molecule has 0 amide bonds. The second kappa shape index (κ2) is 7.38. The first-order valence-corrected chi connectivity index (χ1v) is 11.7. The van der Waals surface area contributed by atoms with Crippen molar-refractivity contribution in [2.45, 2.75) is 119 Å². The largest absolute Gasteiger partial charge is 0.483 e. The molecule has 0 aromatic carbocycles. The fourth-order valence-corrected chi connectivity index (χ4v) is 4.68. The lowest BCUT2D eigenvalue weighted by Crippen LogP contribution is -2.59. The number of hydrogen-bond donors (Lipinski definition) is 0. The van der Waals surface area contributed by atoms with Gasteiger partial charge in [-0.2, -0.15) is 5.10 Å². The molecule has 0 saturated heterocycles. The molecule has 2 atom stereocenters. The number of anilines is 1. The second-order valence-electron chi connectivity index (χ2n) is 13.8. The summed E-state index contributed by atoms with van der Waals surface area (Å²) in [6.45, 7) is 27.4. The molecule has 0 fully saturated rings. The Hall–Kier alpha value is -1.78. The van der Waals surface area contributed by atoms with Gasteiger partial charge in [-0.25, -0.2) is 9.50 Å². The van der Waals surface area contributed by atoms with E-state index in [0.29, 0.717) is 0 Å². The highest BCUT2D eigenvalue weighted by Crippen LogP contribution is 2.45. The van der Waals surface area contributed by atoms with E-state index in [1.165, 1.54) is 0 Å². The Morgan fingerprint density at radius 2 is 1.45 bits per heavy atom. The molecule has 5 heteroatoms. The molecule has 0 unspecified atom stereocenters. The third-order valence-corrected chi connectivity index (χ3v) is 5.87. The van der Waals surface area contributed by atoms with Gasteiger partial charge in [-0.3, -0.25) is 0 Å². The molecule has 0 saturated carbocycles. The van der Waals surface area contributed by atoms with Crippen LogP contribution >= 0.6 is 0 Å². The molecule has 5 nitrogen and oxygen atoms in total. The molecule has 0 bridgehead atoms. The van der Waals surface area contributed by atoms with Crippen molar-refractivity contribution in [3.8, 4) is 5.75 Å². The minimum atomic E-state index is -0.0855. The zero-order valence-corrected chi connectivity index (χ0v) is 21.9. The Kier molecular flexibility index (Phi) is 5.69. The van der Waals surface area contributed by atoms with Gasteiger partial charge in [0.1, 0.15) is 6.10 Å². The van der Waals surface area contributed by atoms with E-state index in [1.54, 1.807) is 0 Å². The van der Waals surface area contributed by atoms with Crippen molar-refractivity contribution in [2.75, 3.05) is 4.90 Å². The molecule has 3 rings (SSSR count). The second-order valence-corrected chi connectivity index (χ2v) is 13.8. The van der Waals surface area contributed by atoms with Crippen LogP contribution in [0.4, 0.5) is 5.82 Å². The van der Waals surface area contributed by atoms with E-state index < -0.39 is 0 Å². The molecule has 174 valence electrons. The molecule has 31 heavy (non-hydrogen) atoms. The van der Waals surface area contributed by atoms with Crippen molar-refractivity contribution < 1.29 is 4.74 Å². The van der Waals surface area contributed by atoms with Crippen LogP contribution in [0.5, 0.6) is 5.75 Å². The fraction of sp³-hybridized carbons (Fsp3) is 0.769. The molecule has 1 aliphatic heterocycles. The van der Waals surface area contributed by atoms with E-state index in [9.17, 15) is 0 Å². The summed E-state index contributed by atoms with van der Waals surface area (Å²) in [5, 5.41) is 4.61. The number of fused-ring (bicyclic) bond motifs is 2. The van der Waals surface area contributed by atoms with Crippen molar-refractivity contribution in [3.63, 3.8) is 0 Å². The monoisotopic (exact) mass is 428 g/mol. The fourth-order valence-electron chi connectivity index (χ4n) is 4.68. The van der Waals surface area contributed by atoms with Gasteiger partial charge in [0.15, 0.2) is 17.2 Å². The Morgan fingerprint density at radius 1 is 0.871 bits per heavy atom. The van der Waals surface area contributed by atoms with Gasteiger partial charge in [0, 0.05) is 11.1 Å². The van der Waals surface area contributed by atoms with Crippen LogP contribution in [0.1, 0.15) is 101 Å². The van der Waals surface area contributed by atoms with Crippen LogP contribution in [0.25, 0.3) is 5.65 Å². The van der Waals surface area contributed by atoms with Crippen LogP contribution in [0, 0.1) is 10.8 Å². The molecular weight excluding hydrogens is 384 g/mol. The van der Waals surface area contributed by atoms with Crippen LogP contribution in [0.15, 0.2) is 12.4 Å². The standard InChI is InChI=1S/C26H44N4O/c1-23(2,3)13-18-19(14-24(4,5)6)31-20-16-29-21(17(15-27-29)25(7,8)9)28-22(20)30(18)26(10,11)12/h15-16,18-19H,13-14H2,1-12H3/t18-,19-/m1/s1. The van der Waals surface area contributed by atoms with E-state index in [1.807, 2.05) is 16.9 Å². The number of aromatic nitrogens is 3. The Balaban J connectivity index is 2.23. The Morgan fingerprint density at radius 3 is 1.94 bits per heavy atom. The predicted molar refractivity (Wildman–Crippen MR) is 130 cm³/mol. The lowest BCUT2D eigenvalue weighted by atomic mass is 9.78. The van der Waals surface area contributed by atoms with Crippen molar-refractivity contribution in [3.05, 3.63) is 18.0 Å². The molecule has 1 aliphatic rings. The van der Waals surface area contributed by atoms with Gasteiger partial charge in [0.2, 0.25) is 0 Å². The zero-order chi connectivity index (χ0) is 23.6. The highest BCUT2D eigenvalue weighted by molar-refractivity contribution is 5.63. The summed E-state index contributed by atoms with van der Waals surface area (Å²) in [7, 11) is 0. The molecule has 0 aliphatic carbocycles. The number of ether oxygens (including phenoxy) is 1. The molecule has 3 heterocycles. The van der Waals surface area contributed by atoms with Gasteiger partial charge >= 0.3 is 0 Å². The molecule has 0 radical (unpaired) electrons. The van der Waals surface area contributed by atoms with E-state index in [4.69, 9.17) is 9.72 Å². The average molecular weight is 429 g/mol. The predicted octanol–water partition coefficient (Wildman–Crippen LogP) is 6.63. The van der Waals surface area contributed by atoms with E-state index in [-0.39, 0.29) is 33.9 Å². The summed E-state index contributed by atoms with van der Waals surface area (Å²) in [6.07, 6.45) is 6.12. The maximum Gasteiger partial charge on any atom is 0.180 e. The summed E-state index contributed by atoms with van der Waals surface area (Å²) >= 11 is 0. The van der Waals surface area contributed by atoms with Crippen LogP contribution in [0.3, 0.4) is 0 Å². The zero-order valence-electron chi connectivity index (χ0n) is 21.9. The van der Waals surface area contributed by atoms with Crippen molar-refractivity contribution in [2.24, 2.45) is 10.8 Å². The number of rotatable bonds is 2. The van der Waals surface area contributed by atoms with E-state index in [0.717, 1.165) is 35.6 Å². The lowest BCUT2D eigenvalue weighted by molar-refractivity contribution is 0.0761. The lowest BCUT2D eigenvalue weighted by Gasteiger charge is -2.51. The van der Waals surface area contributed by atoms with E-state index in [2.05, 4.69) is 93.1 Å². The Labute approximate surface area is 189 Å². The summed E-state index contributed by atoms with van der Waals surface area (Å²) in [5.41, 5.74) is 2.33. The summed E-state index contributed by atoms with van der Waals surface area (Å²) in [6, 6.07) is 0.252. The van der Waals surface area contributed by atoms with E-state index >= 15 is 0 Å². The molecular formula is C26H44N4O. The maximum absolute atomic E-state index is 6.73. The van der Waals surface area contributed by atoms with Gasteiger partial charge in [-0.15, -0.1) is 0 Å². The van der Waals surface area contributed by atoms with Crippen LogP contribution < -0.4 is 9.64 Å². The van der Waals surface area contributed by atoms with Gasteiger partial charge in [-0.1, -0.05) is 62.3 Å². The highest BCUT2D eigenvalue weighted by Gasteiger charge is 2.45. The SMILES string of the molecule is CC(C)(C)C[C@@H]1[C@@H](CC(C)(C)C)Oc2cn3ncc(C(C)(C)C)c3nc2N1C(C)(C)C. The van der Waals surface area contributed by atoms with Crippen LogP contribution in [-0.4, -0.2) is 32.3 Å². The topological polar surface area (TPSA) is 42.7 Å².